The zero-order valence-electron chi connectivity index (χ0n) is 7.40. The molecule has 0 spiro atoms. The number of ether oxygens (including phenoxy) is 1. The van der Waals surface area contributed by atoms with Gasteiger partial charge in [-0.3, -0.25) is 0 Å². The zero-order chi connectivity index (χ0) is 9.84. The standard InChI is InChI=1S/C9H9NO3/c1-4-6(2)13-9(11)8-7(3)10-5-12-8/h1,5-6H,2-3H3. The Labute approximate surface area is 75.9 Å². The molecule has 0 aliphatic rings. The third-order valence-corrected chi connectivity index (χ3v) is 1.45. The van der Waals surface area contributed by atoms with Crippen molar-refractivity contribution in [1.82, 2.24) is 4.98 Å². The topological polar surface area (TPSA) is 52.3 Å². The maximum absolute atomic E-state index is 11.2. The molecule has 0 fully saturated rings. The lowest BCUT2D eigenvalue weighted by Gasteiger charge is -2.04. The molecule has 0 aliphatic carbocycles. The summed E-state index contributed by atoms with van der Waals surface area (Å²) in [5, 5.41) is 0. The van der Waals surface area contributed by atoms with Crippen LogP contribution in [-0.2, 0) is 4.74 Å². The number of aryl methyl sites for hydroxylation is 1. The first-order chi connectivity index (χ1) is 6.15. The molecule has 0 radical (unpaired) electrons. The molecular weight excluding hydrogens is 170 g/mol. The lowest BCUT2D eigenvalue weighted by atomic mass is 10.3. The second-order valence-corrected chi connectivity index (χ2v) is 2.48. The second-order valence-electron chi connectivity index (χ2n) is 2.48. The van der Waals surface area contributed by atoms with Crippen LogP contribution in [0.5, 0.6) is 0 Å². The molecule has 68 valence electrons. The van der Waals surface area contributed by atoms with Crippen molar-refractivity contribution in [3.63, 3.8) is 0 Å². The van der Waals surface area contributed by atoms with Crippen LogP contribution in [0.15, 0.2) is 10.8 Å². The number of esters is 1. The fraction of sp³-hybridized carbons (Fsp3) is 0.333. The van der Waals surface area contributed by atoms with Gasteiger partial charge in [-0.25, -0.2) is 9.78 Å². The molecular formula is C9H9NO3. The van der Waals surface area contributed by atoms with E-state index in [1.54, 1.807) is 13.8 Å². The van der Waals surface area contributed by atoms with E-state index < -0.39 is 12.1 Å². The molecule has 0 bridgehead atoms. The first-order valence-corrected chi connectivity index (χ1v) is 3.72. The molecule has 4 heteroatoms. The van der Waals surface area contributed by atoms with Crippen molar-refractivity contribution in [2.45, 2.75) is 20.0 Å². The fourth-order valence-corrected chi connectivity index (χ4v) is 0.746. The summed E-state index contributed by atoms with van der Waals surface area (Å²) in [6.07, 6.45) is 5.67. The zero-order valence-corrected chi connectivity index (χ0v) is 7.40. The Morgan fingerprint density at radius 2 is 2.54 bits per heavy atom. The van der Waals surface area contributed by atoms with Gasteiger partial charge in [-0.1, -0.05) is 5.92 Å². The Hall–Kier alpha value is -1.76. The quantitative estimate of drug-likeness (QED) is 0.505. The van der Waals surface area contributed by atoms with Gasteiger partial charge < -0.3 is 9.15 Å². The van der Waals surface area contributed by atoms with Gasteiger partial charge in [0.05, 0.1) is 5.69 Å². The van der Waals surface area contributed by atoms with Crippen molar-refractivity contribution in [3.8, 4) is 12.3 Å². The number of hydrogen-bond donors (Lipinski definition) is 0. The van der Waals surface area contributed by atoms with Crippen LogP contribution < -0.4 is 0 Å². The minimum atomic E-state index is -0.583. The molecule has 1 unspecified atom stereocenters. The van der Waals surface area contributed by atoms with Gasteiger partial charge >= 0.3 is 5.97 Å². The fourth-order valence-electron chi connectivity index (χ4n) is 0.746. The molecule has 13 heavy (non-hydrogen) atoms. The van der Waals surface area contributed by atoms with Crippen LogP contribution in [-0.4, -0.2) is 17.1 Å². The lowest BCUT2D eigenvalue weighted by molar-refractivity contribution is 0.0401. The predicted molar refractivity (Wildman–Crippen MR) is 45.0 cm³/mol. The summed E-state index contributed by atoms with van der Waals surface area (Å²) < 4.78 is 9.63. The SMILES string of the molecule is C#CC(C)OC(=O)c1ocnc1C. The number of hydrogen-bond acceptors (Lipinski definition) is 4. The van der Waals surface area contributed by atoms with Crippen LogP contribution in [0.2, 0.25) is 0 Å². The molecule has 1 aromatic rings. The van der Waals surface area contributed by atoms with E-state index in [1.807, 2.05) is 0 Å². The van der Waals surface area contributed by atoms with Gasteiger partial charge in [0.15, 0.2) is 12.5 Å². The first-order valence-electron chi connectivity index (χ1n) is 3.72. The van der Waals surface area contributed by atoms with E-state index >= 15 is 0 Å². The molecule has 1 aromatic heterocycles. The molecule has 0 N–H and O–H groups in total. The van der Waals surface area contributed by atoms with Crippen LogP contribution >= 0.6 is 0 Å². The minimum Gasteiger partial charge on any atom is -0.444 e. The molecule has 0 saturated carbocycles. The van der Waals surface area contributed by atoms with Crippen molar-refractivity contribution in [3.05, 3.63) is 17.8 Å². The maximum Gasteiger partial charge on any atom is 0.377 e. The van der Waals surface area contributed by atoms with E-state index in [9.17, 15) is 4.79 Å². The van der Waals surface area contributed by atoms with Crippen molar-refractivity contribution < 1.29 is 13.9 Å². The van der Waals surface area contributed by atoms with Crippen LogP contribution in [0.3, 0.4) is 0 Å². The number of oxazole rings is 1. The predicted octanol–water partition coefficient (Wildman–Crippen LogP) is 1.16. The molecule has 0 amide bonds. The Morgan fingerprint density at radius 1 is 1.85 bits per heavy atom. The summed E-state index contributed by atoms with van der Waals surface area (Å²) in [5.74, 6) is 1.79. The summed E-state index contributed by atoms with van der Waals surface area (Å²) in [7, 11) is 0. The van der Waals surface area contributed by atoms with E-state index in [2.05, 4.69) is 10.9 Å². The van der Waals surface area contributed by atoms with Gasteiger partial charge in [-0.05, 0) is 13.8 Å². The van der Waals surface area contributed by atoms with Gasteiger partial charge in [0, 0.05) is 0 Å². The Bertz CT molecular complexity index is 348. The summed E-state index contributed by atoms with van der Waals surface area (Å²) in [6, 6.07) is 0. The van der Waals surface area contributed by atoms with Crippen molar-refractivity contribution >= 4 is 5.97 Å². The van der Waals surface area contributed by atoms with Crippen LogP contribution in [0.4, 0.5) is 0 Å². The van der Waals surface area contributed by atoms with Gasteiger partial charge in [0.2, 0.25) is 5.76 Å². The van der Waals surface area contributed by atoms with Crippen LogP contribution in [0, 0.1) is 19.3 Å². The summed E-state index contributed by atoms with van der Waals surface area (Å²) in [4.78, 5) is 15.0. The molecule has 1 heterocycles. The third kappa shape index (κ3) is 2.09. The number of rotatable bonds is 2. The van der Waals surface area contributed by atoms with Crippen molar-refractivity contribution in [2.75, 3.05) is 0 Å². The van der Waals surface area contributed by atoms with Gasteiger partial charge in [-0.2, -0.15) is 0 Å². The van der Waals surface area contributed by atoms with Gasteiger partial charge in [0.1, 0.15) is 0 Å². The molecule has 1 atom stereocenters. The molecule has 0 aliphatic heterocycles. The second kappa shape index (κ2) is 3.76. The van der Waals surface area contributed by atoms with Gasteiger partial charge in [-0.15, -0.1) is 6.42 Å². The summed E-state index contributed by atoms with van der Waals surface area (Å²) in [5.41, 5.74) is 0.495. The summed E-state index contributed by atoms with van der Waals surface area (Å²) in [6.45, 7) is 3.25. The van der Waals surface area contributed by atoms with E-state index in [-0.39, 0.29) is 5.76 Å². The van der Waals surface area contributed by atoms with Crippen LogP contribution in [0.25, 0.3) is 0 Å². The number of carbonyl (C=O) groups excluding carboxylic acids is 1. The Balaban J connectivity index is 2.71. The monoisotopic (exact) mass is 179 g/mol. The smallest absolute Gasteiger partial charge is 0.377 e. The maximum atomic E-state index is 11.2. The first kappa shape index (κ1) is 9.33. The average Bonchev–Trinajstić information content (AvgIpc) is 2.51. The van der Waals surface area contributed by atoms with E-state index in [4.69, 9.17) is 15.6 Å². The largest absolute Gasteiger partial charge is 0.444 e. The van der Waals surface area contributed by atoms with Crippen molar-refractivity contribution in [2.24, 2.45) is 0 Å². The average molecular weight is 179 g/mol. The van der Waals surface area contributed by atoms with Crippen molar-refractivity contribution in [1.29, 1.82) is 0 Å². The normalized spacial score (nSPS) is 11.8. The third-order valence-electron chi connectivity index (χ3n) is 1.45. The molecule has 4 nitrogen and oxygen atoms in total. The van der Waals surface area contributed by atoms with E-state index in [0.717, 1.165) is 0 Å². The van der Waals surface area contributed by atoms with E-state index in [0.29, 0.717) is 5.69 Å². The highest BCUT2D eigenvalue weighted by molar-refractivity contribution is 5.87. The van der Waals surface area contributed by atoms with Gasteiger partial charge in [0.25, 0.3) is 0 Å². The molecule has 0 saturated heterocycles. The highest BCUT2D eigenvalue weighted by Gasteiger charge is 2.16. The number of nitrogens with zero attached hydrogens (tertiary/aromatic N) is 1. The van der Waals surface area contributed by atoms with Crippen LogP contribution in [0.1, 0.15) is 23.2 Å². The highest BCUT2D eigenvalue weighted by atomic mass is 16.6. The lowest BCUT2D eigenvalue weighted by Crippen LogP contribution is -2.13. The number of aromatic nitrogens is 1. The van der Waals surface area contributed by atoms with E-state index in [1.165, 1.54) is 6.39 Å². The molecule has 0 aromatic carbocycles. The number of terminal acetylenes is 1. The minimum absolute atomic E-state index is 0.0992. The highest BCUT2D eigenvalue weighted by Crippen LogP contribution is 2.07. The Morgan fingerprint density at radius 3 is 3.00 bits per heavy atom. The number of carbonyl (C=O) groups is 1. The Kier molecular flexibility index (Phi) is 2.70. The molecule has 1 rings (SSSR count). The summed E-state index contributed by atoms with van der Waals surface area (Å²) >= 11 is 0.